The van der Waals surface area contributed by atoms with Crippen LogP contribution in [-0.4, -0.2) is 44.1 Å². The molecule has 0 saturated carbocycles. The average molecular weight is 330 g/mol. The van der Waals surface area contributed by atoms with Crippen LogP contribution in [0.5, 0.6) is 5.75 Å². The van der Waals surface area contributed by atoms with Gasteiger partial charge in [-0.2, -0.15) is 0 Å². The number of furan rings is 1. The molecule has 0 unspecified atom stereocenters. The molecule has 1 aliphatic heterocycles. The second kappa shape index (κ2) is 8.20. The lowest BCUT2D eigenvalue weighted by Crippen LogP contribution is -2.33. The van der Waals surface area contributed by atoms with Gasteiger partial charge in [0.2, 0.25) is 5.91 Å². The van der Waals surface area contributed by atoms with Crippen molar-refractivity contribution in [1.29, 1.82) is 0 Å². The van der Waals surface area contributed by atoms with Crippen molar-refractivity contribution in [1.82, 2.24) is 10.2 Å². The fourth-order valence-corrected chi connectivity index (χ4v) is 3.28. The number of benzene rings is 1. The van der Waals surface area contributed by atoms with Crippen LogP contribution in [0.1, 0.15) is 31.2 Å². The van der Waals surface area contributed by atoms with Gasteiger partial charge in [0, 0.05) is 23.6 Å². The van der Waals surface area contributed by atoms with Crippen molar-refractivity contribution in [3.63, 3.8) is 0 Å². The normalized spacial score (nSPS) is 15.5. The van der Waals surface area contributed by atoms with Crippen LogP contribution in [-0.2, 0) is 11.2 Å². The molecule has 2 heterocycles. The van der Waals surface area contributed by atoms with Crippen LogP contribution in [0.2, 0.25) is 0 Å². The molecule has 0 bridgehead atoms. The van der Waals surface area contributed by atoms with E-state index < -0.39 is 0 Å². The maximum atomic E-state index is 12.1. The third-order valence-electron chi connectivity index (χ3n) is 4.64. The summed E-state index contributed by atoms with van der Waals surface area (Å²) in [5.41, 5.74) is 1.67. The van der Waals surface area contributed by atoms with E-state index in [-0.39, 0.29) is 5.91 Å². The lowest BCUT2D eigenvalue weighted by molar-refractivity contribution is -0.120. The number of nitrogens with zero attached hydrogens (tertiary/aromatic N) is 1. The first-order valence-corrected chi connectivity index (χ1v) is 8.79. The number of ether oxygens (including phenoxy) is 1. The van der Waals surface area contributed by atoms with Crippen LogP contribution in [0, 0.1) is 0 Å². The van der Waals surface area contributed by atoms with Crippen molar-refractivity contribution in [3.8, 4) is 5.75 Å². The molecule has 1 N–H and O–H groups in total. The average Bonchev–Trinajstić information content (AvgIpc) is 3.01. The van der Waals surface area contributed by atoms with E-state index in [0.29, 0.717) is 6.42 Å². The number of likely N-dealkylation sites (tertiary alicyclic amines) is 1. The Hall–Kier alpha value is -2.01. The van der Waals surface area contributed by atoms with E-state index >= 15 is 0 Å². The topological polar surface area (TPSA) is 54.7 Å². The van der Waals surface area contributed by atoms with Crippen LogP contribution >= 0.6 is 0 Å². The lowest BCUT2D eigenvalue weighted by Gasteiger charge is -2.26. The molecule has 0 aliphatic carbocycles. The fraction of sp³-hybridized carbons (Fsp3) is 0.526. The summed E-state index contributed by atoms with van der Waals surface area (Å²) >= 11 is 0. The monoisotopic (exact) mass is 330 g/mol. The molecular weight excluding hydrogens is 304 g/mol. The number of carbonyl (C=O) groups excluding carboxylic acids is 1. The largest absolute Gasteiger partial charge is 0.497 e. The minimum Gasteiger partial charge on any atom is -0.497 e. The van der Waals surface area contributed by atoms with Crippen LogP contribution in [0.4, 0.5) is 0 Å². The minimum atomic E-state index is 0.0483. The molecular formula is C19H26N2O3. The quantitative estimate of drug-likeness (QED) is 0.793. The van der Waals surface area contributed by atoms with E-state index in [1.165, 1.54) is 32.4 Å². The first kappa shape index (κ1) is 16.8. The van der Waals surface area contributed by atoms with Gasteiger partial charge in [0.25, 0.3) is 0 Å². The highest BCUT2D eigenvalue weighted by molar-refractivity contribution is 5.88. The maximum Gasteiger partial charge on any atom is 0.224 e. The number of piperidine rings is 1. The van der Waals surface area contributed by atoms with E-state index in [9.17, 15) is 4.79 Å². The zero-order chi connectivity index (χ0) is 16.8. The lowest BCUT2D eigenvalue weighted by atomic mass is 10.1. The Morgan fingerprint density at radius 2 is 2.12 bits per heavy atom. The molecule has 130 valence electrons. The molecule has 3 rings (SSSR count). The third-order valence-corrected chi connectivity index (χ3v) is 4.64. The van der Waals surface area contributed by atoms with Gasteiger partial charge in [0.05, 0.1) is 19.8 Å². The van der Waals surface area contributed by atoms with Gasteiger partial charge in [-0.15, -0.1) is 0 Å². The molecule has 1 saturated heterocycles. The van der Waals surface area contributed by atoms with Gasteiger partial charge in [-0.1, -0.05) is 6.42 Å². The zero-order valence-corrected chi connectivity index (χ0v) is 14.3. The highest BCUT2D eigenvalue weighted by atomic mass is 16.5. The molecule has 5 nitrogen and oxygen atoms in total. The summed E-state index contributed by atoms with van der Waals surface area (Å²) in [6, 6.07) is 5.67. The molecule has 1 aromatic carbocycles. The number of hydrogen-bond donors (Lipinski definition) is 1. The SMILES string of the molecule is COc1ccc2c(CC(=O)NCCCN3CCCCC3)coc2c1. The van der Waals surface area contributed by atoms with Crippen LogP contribution < -0.4 is 10.1 Å². The number of hydrogen-bond acceptors (Lipinski definition) is 4. The summed E-state index contributed by atoms with van der Waals surface area (Å²) in [7, 11) is 1.63. The summed E-state index contributed by atoms with van der Waals surface area (Å²) in [6.45, 7) is 4.23. The Morgan fingerprint density at radius 3 is 2.92 bits per heavy atom. The zero-order valence-electron chi connectivity index (χ0n) is 14.3. The van der Waals surface area contributed by atoms with Gasteiger partial charge < -0.3 is 19.4 Å². The van der Waals surface area contributed by atoms with Crippen molar-refractivity contribution in [2.24, 2.45) is 0 Å². The predicted octanol–water partition coefficient (Wildman–Crippen LogP) is 2.98. The van der Waals surface area contributed by atoms with E-state index in [2.05, 4.69) is 10.2 Å². The Kier molecular flexibility index (Phi) is 5.75. The summed E-state index contributed by atoms with van der Waals surface area (Å²) in [5.74, 6) is 0.803. The number of nitrogens with one attached hydrogen (secondary N) is 1. The number of carbonyl (C=O) groups is 1. The molecule has 0 atom stereocenters. The van der Waals surface area contributed by atoms with Gasteiger partial charge in [-0.05, 0) is 51.0 Å². The molecule has 0 spiro atoms. The van der Waals surface area contributed by atoms with Crippen molar-refractivity contribution in [3.05, 3.63) is 30.0 Å². The number of amides is 1. The molecule has 5 heteroatoms. The highest BCUT2D eigenvalue weighted by Crippen LogP contribution is 2.25. The van der Waals surface area contributed by atoms with Gasteiger partial charge in [0.1, 0.15) is 11.3 Å². The molecule has 24 heavy (non-hydrogen) atoms. The van der Waals surface area contributed by atoms with Gasteiger partial charge >= 0.3 is 0 Å². The number of rotatable bonds is 7. The summed E-state index contributed by atoms with van der Waals surface area (Å²) in [5, 5.41) is 3.99. The third kappa shape index (κ3) is 4.29. The second-order valence-electron chi connectivity index (χ2n) is 6.41. The van der Waals surface area contributed by atoms with Crippen molar-refractivity contribution >= 4 is 16.9 Å². The second-order valence-corrected chi connectivity index (χ2v) is 6.41. The summed E-state index contributed by atoms with van der Waals surface area (Å²) in [4.78, 5) is 14.6. The van der Waals surface area contributed by atoms with Crippen molar-refractivity contribution in [2.45, 2.75) is 32.1 Å². The van der Waals surface area contributed by atoms with Gasteiger partial charge in [-0.25, -0.2) is 0 Å². The number of fused-ring (bicyclic) bond motifs is 1. The van der Waals surface area contributed by atoms with Gasteiger partial charge in [-0.3, -0.25) is 4.79 Å². The summed E-state index contributed by atoms with van der Waals surface area (Å²) in [6.07, 6.45) is 7.00. The first-order chi connectivity index (χ1) is 11.8. The Balaban J connectivity index is 1.44. The highest BCUT2D eigenvalue weighted by Gasteiger charge is 2.12. The molecule has 1 fully saturated rings. The van der Waals surface area contributed by atoms with E-state index in [1.54, 1.807) is 13.4 Å². The predicted molar refractivity (Wildman–Crippen MR) is 94.4 cm³/mol. The van der Waals surface area contributed by atoms with E-state index in [1.807, 2.05) is 18.2 Å². The van der Waals surface area contributed by atoms with Crippen LogP contribution in [0.3, 0.4) is 0 Å². The van der Waals surface area contributed by atoms with Crippen LogP contribution in [0.25, 0.3) is 11.0 Å². The Labute approximate surface area is 143 Å². The molecule has 1 aromatic heterocycles. The maximum absolute atomic E-state index is 12.1. The van der Waals surface area contributed by atoms with E-state index in [4.69, 9.17) is 9.15 Å². The smallest absolute Gasteiger partial charge is 0.224 e. The van der Waals surface area contributed by atoms with Crippen molar-refractivity contribution < 1.29 is 13.9 Å². The fourth-order valence-electron chi connectivity index (χ4n) is 3.28. The molecule has 0 radical (unpaired) electrons. The Morgan fingerprint density at radius 1 is 1.29 bits per heavy atom. The van der Waals surface area contributed by atoms with E-state index in [0.717, 1.165) is 41.8 Å². The van der Waals surface area contributed by atoms with Gasteiger partial charge in [0.15, 0.2) is 0 Å². The molecule has 1 aliphatic rings. The minimum absolute atomic E-state index is 0.0483. The molecule has 1 amide bonds. The Bertz CT molecular complexity index is 674. The molecule has 2 aromatic rings. The van der Waals surface area contributed by atoms with Crippen LogP contribution in [0.15, 0.2) is 28.9 Å². The van der Waals surface area contributed by atoms with Crippen molar-refractivity contribution in [2.75, 3.05) is 33.3 Å². The summed E-state index contributed by atoms with van der Waals surface area (Å²) < 4.78 is 10.7. The standard InChI is InChI=1S/C19H26N2O3/c1-23-16-6-7-17-15(14-24-18(17)13-16)12-19(22)20-8-5-11-21-9-3-2-4-10-21/h6-7,13-14H,2-5,8-12H2,1H3,(H,20,22). The first-order valence-electron chi connectivity index (χ1n) is 8.79. The number of methoxy groups -OCH3 is 1.